The van der Waals surface area contributed by atoms with Gasteiger partial charge in [0.25, 0.3) is 0 Å². The van der Waals surface area contributed by atoms with E-state index in [4.69, 9.17) is 14.2 Å². The average Bonchev–Trinajstić information content (AvgIpc) is 2.51. The van der Waals surface area contributed by atoms with Crippen LogP contribution >= 0.6 is 0 Å². The molecule has 2 rings (SSSR count). The highest BCUT2D eigenvalue weighted by molar-refractivity contribution is 4.75. The maximum absolute atomic E-state index is 5.79. The van der Waals surface area contributed by atoms with E-state index in [0.717, 1.165) is 39.2 Å². The van der Waals surface area contributed by atoms with Crippen LogP contribution in [-0.4, -0.2) is 51.7 Å². The van der Waals surface area contributed by atoms with Crippen molar-refractivity contribution in [3.8, 4) is 0 Å². The highest BCUT2D eigenvalue weighted by atomic mass is 16.6. The first-order valence-electron chi connectivity index (χ1n) is 5.38. The van der Waals surface area contributed by atoms with Gasteiger partial charge < -0.3 is 19.5 Å². The van der Waals surface area contributed by atoms with Crippen LogP contribution in [0.1, 0.15) is 12.8 Å². The second kappa shape index (κ2) is 5.07. The van der Waals surface area contributed by atoms with Crippen molar-refractivity contribution < 1.29 is 14.2 Å². The Morgan fingerprint density at radius 3 is 2.71 bits per heavy atom. The minimum atomic E-state index is 0.300. The SMILES string of the molecule is CNCC1CCC(COC2COC2)O1. The Labute approximate surface area is 84.9 Å². The van der Waals surface area contributed by atoms with Crippen molar-refractivity contribution in [2.45, 2.75) is 31.2 Å². The number of ether oxygens (including phenoxy) is 3. The molecule has 2 unspecified atom stereocenters. The molecule has 0 radical (unpaired) electrons. The molecule has 0 aromatic rings. The number of hydrogen-bond donors (Lipinski definition) is 1. The summed E-state index contributed by atoms with van der Waals surface area (Å²) >= 11 is 0. The minimum Gasteiger partial charge on any atom is -0.376 e. The third-order valence-corrected chi connectivity index (χ3v) is 2.75. The summed E-state index contributed by atoms with van der Waals surface area (Å²) < 4.78 is 16.4. The number of rotatable bonds is 5. The van der Waals surface area contributed by atoms with Gasteiger partial charge in [-0.15, -0.1) is 0 Å². The number of hydrogen-bond acceptors (Lipinski definition) is 4. The number of likely N-dealkylation sites (N-methyl/N-ethyl adjacent to an activating group) is 1. The van der Waals surface area contributed by atoms with Crippen LogP contribution in [0.4, 0.5) is 0 Å². The summed E-state index contributed by atoms with van der Waals surface area (Å²) in [5.74, 6) is 0. The molecule has 1 N–H and O–H groups in total. The highest BCUT2D eigenvalue weighted by Gasteiger charge is 2.27. The van der Waals surface area contributed by atoms with E-state index in [-0.39, 0.29) is 0 Å². The second-order valence-corrected chi connectivity index (χ2v) is 4.01. The third kappa shape index (κ3) is 2.67. The van der Waals surface area contributed by atoms with Gasteiger partial charge in [0, 0.05) is 6.54 Å². The Hall–Kier alpha value is -0.160. The van der Waals surface area contributed by atoms with Crippen LogP contribution in [0.5, 0.6) is 0 Å². The molecule has 2 fully saturated rings. The van der Waals surface area contributed by atoms with Crippen molar-refractivity contribution in [1.82, 2.24) is 5.32 Å². The van der Waals surface area contributed by atoms with E-state index in [1.165, 1.54) is 0 Å². The van der Waals surface area contributed by atoms with Gasteiger partial charge in [-0.1, -0.05) is 0 Å². The van der Waals surface area contributed by atoms with Gasteiger partial charge in [0.05, 0.1) is 32.0 Å². The maximum Gasteiger partial charge on any atom is 0.104 e. The molecule has 0 aromatic carbocycles. The smallest absolute Gasteiger partial charge is 0.104 e. The highest BCUT2D eigenvalue weighted by Crippen LogP contribution is 2.20. The lowest BCUT2D eigenvalue weighted by atomic mass is 10.2. The Bertz CT molecular complexity index is 173. The van der Waals surface area contributed by atoms with Gasteiger partial charge in [0.1, 0.15) is 6.10 Å². The molecule has 2 aliphatic rings. The van der Waals surface area contributed by atoms with Crippen LogP contribution < -0.4 is 5.32 Å². The van der Waals surface area contributed by atoms with Gasteiger partial charge in [-0.3, -0.25) is 0 Å². The van der Waals surface area contributed by atoms with Crippen molar-refractivity contribution in [3.63, 3.8) is 0 Å². The molecule has 2 saturated heterocycles. The lowest BCUT2D eigenvalue weighted by molar-refractivity contribution is -0.147. The molecule has 0 aromatic heterocycles. The van der Waals surface area contributed by atoms with Crippen molar-refractivity contribution >= 4 is 0 Å². The average molecular weight is 201 g/mol. The van der Waals surface area contributed by atoms with Crippen molar-refractivity contribution in [2.24, 2.45) is 0 Å². The fraction of sp³-hybridized carbons (Fsp3) is 1.00. The molecule has 0 saturated carbocycles. The molecule has 4 heteroatoms. The molecule has 2 aliphatic heterocycles. The topological polar surface area (TPSA) is 39.7 Å². The van der Waals surface area contributed by atoms with E-state index < -0.39 is 0 Å². The Morgan fingerprint density at radius 2 is 2.07 bits per heavy atom. The van der Waals surface area contributed by atoms with Crippen LogP contribution in [0.2, 0.25) is 0 Å². The molecule has 0 aliphatic carbocycles. The molecule has 2 atom stereocenters. The van der Waals surface area contributed by atoms with E-state index in [0.29, 0.717) is 18.3 Å². The van der Waals surface area contributed by atoms with Gasteiger partial charge in [-0.25, -0.2) is 0 Å². The van der Waals surface area contributed by atoms with Crippen LogP contribution in [0.3, 0.4) is 0 Å². The maximum atomic E-state index is 5.79. The Kier molecular flexibility index (Phi) is 3.75. The third-order valence-electron chi connectivity index (χ3n) is 2.75. The van der Waals surface area contributed by atoms with Gasteiger partial charge in [0.15, 0.2) is 0 Å². The summed E-state index contributed by atoms with van der Waals surface area (Å²) in [5, 5.41) is 3.13. The zero-order valence-electron chi connectivity index (χ0n) is 8.70. The van der Waals surface area contributed by atoms with E-state index >= 15 is 0 Å². The van der Waals surface area contributed by atoms with Gasteiger partial charge >= 0.3 is 0 Å². The first-order chi connectivity index (χ1) is 6.88. The summed E-state index contributed by atoms with van der Waals surface area (Å²) in [6.45, 7) is 3.19. The van der Waals surface area contributed by atoms with Crippen LogP contribution in [0, 0.1) is 0 Å². The molecule has 0 amide bonds. The molecular formula is C10H19NO3. The molecule has 14 heavy (non-hydrogen) atoms. The normalized spacial score (nSPS) is 33.2. The van der Waals surface area contributed by atoms with E-state index in [9.17, 15) is 0 Å². The largest absolute Gasteiger partial charge is 0.376 e. The molecule has 0 bridgehead atoms. The predicted octanol–water partition coefficient (Wildman–Crippen LogP) is 0.169. The molecule has 82 valence electrons. The molecule has 2 heterocycles. The van der Waals surface area contributed by atoms with Gasteiger partial charge in [0.2, 0.25) is 0 Å². The molecule has 4 nitrogen and oxygen atoms in total. The van der Waals surface area contributed by atoms with Crippen LogP contribution in [-0.2, 0) is 14.2 Å². The standard InChI is InChI=1S/C10H19NO3/c1-11-4-8-2-3-9(14-8)7-13-10-5-12-6-10/h8-11H,2-7H2,1H3. The monoisotopic (exact) mass is 201 g/mol. The van der Waals surface area contributed by atoms with Crippen LogP contribution in [0.15, 0.2) is 0 Å². The van der Waals surface area contributed by atoms with Crippen molar-refractivity contribution in [3.05, 3.63) is 0 Å². The quantitative estimate of drug-likeness (QED) is 0.688. The Balaban J connectivity index is 1.58. The fourth-order valence-electron chi connectivity index (χ4n) is 1.83. The zero-order valence-corrected chi connectivity index (χ0v) is 8.70. The Morgan fingerprint density at radius 1 is 1.29 bits per heavy atom. The molecular weight excluding hydrogens is 182 g/mol. The lowest BCUT2D eigenvalue weighted by Crippen LogP contribution is -2.38. The minimum absolute atomic E-state index is 0.300. The van der Waals surface area contributed by atoms with Gasteiger partial charge in [-0.2, -0.15) is 0 Å². The summed E-state index contributed by atoms with van der Waals surface area (Å²) in [7, 11) is 1.96. The molecule has 0 spiro atoms. The van der Waals surface area contributed by atoms with Crippen molar-refractivity contribution in [1.29, 1.82) is 0 Å². The van der Waals surface area contributed by atoms with Crippen LogP contribution in [0.25, 0.3) is 0 Å². The summed E-state index contributed by atoms with van der Waals surface area (Å²) in [5.41, 5.74) is 0. The fourth-order valence-corrected chi connectivity index (χ4v) is 1.83. The van der Waals surface area contributed by atoms with E-state index in [1.54, 1.807) is 0 Å². The summed E-state index contributed by atoms with van der Waals surface area (Å²) in [4.78, 5) is 0. The van der Waals surface area contributed by atoms with Gasteiger partial charge in [-0.05, 0) is 19.9 Å². The lowest BCUT2D eigenvalue weighted by Gasteiger charge is -2.27. The predicted molar refractivity (Wildman–Crippen MR) is 52.4 cm³/mol. The van der Waals surface area contributed by atoms with Crippen molar-refractivity contribution in [2.75, 3.05) is 33.4 Å². The summed E-state index contributed by atoms with van der Waals surface area (Å²) in [6.07, 6.45) is 3.28. The number of nitrogens with one attached hydrogen (secondary N) is 1. The second-order valence-electron chi connectivity index (χ2n) is 4.01. The van der Waals surface area contributed by atoms with E-state index in [2.05, 4.69) is 5.32 Å². The zero-order chi connectivity index (χ0) is 9.80. The van der Waals surface area contributed by atoms with E-state index in [1.807, 2.05) is 7.05 Å². The first-order valence-corrected chi connectivity index (χ1v) is 5.38. The first kappa shape index (κ1) is 10.4. The summed E-state index contributed by atoms with van der Waals surface area (Å²) in [6, 6.07) is 0.